The second-order valence-corrected chi connectivity index (χ2v) is 4.55. The minimum atomic E-state index is -0.232. The quantitative estimate of drug-likeness (QED) is 0.583. The molecule has 0 aromatic heterocycles. The molecule has 0 radical (unpaired) electrons. The molecule has 0 aliphatic carbocycles. The first-order chi connectivity index (χ1) is 7.58. The standard InChI is InChI=1S/C11H19NO3S/c1-3-11(4-2,8-16)7-12-9(13)5-15-6-10(12)14/h16H,3-8H2,1-2H3. The largest absolute Gasteiger partial charge is 0.362 e. The molecule has 1 rings (SSSR count). The summed E-state index contributed by atoms with van der Waals surface area (Å²) in [5, 5.41) is 0. The molecule has 1 aliphatic rings. The van der Waals surface area contributed by atoms with Gasteiger partial charge in [-0.2, -0.15) is 12.6 Å². The lowest BCUT2D eigenvalue weighted by Gasteiger charge is -2.36. The number of rotatable bonds is 5. The zero-order chi connectivity index (χ0) is 12.2. The molecule has 0 unspecified atom stereocenters. The van der Waals surface area contributed by atoms with Gasteiger partial charge in [0.1, 0.15) is 13.2 Å². The summed E-state index contributed by atoms with van der Waals surface area (Å²) in [6.45, 7) is 4.62. The van der Waals surface area contributed by atoms with Gasteiger partial charge in [-0.15, -0.1) is 0 Å². The van der Waals surface area contributed by atoms with Crippen molar-refractivity contribution in [2.45, 2.75) is 26.7 Å². The van der Waals surface area contributed by atoms with Gasteiger partial charge < -0.3 is 4.74 Å². The van der Waals surface area contributed by atoms with Crippen molar-refractivity contribution >= 4 is 24.4 Å². The second-order valence-electron chi connectivity index (χ2n) is 4.23. The van der Waals surface area contributed by atoms with Crippen molar-refractivity contribution in [1.82, 2.24) is 4.90 Å². The van der Waals surface area contributed by atoms with Gasteiger partial charge in [0.25, 0.3) is 11.8 Å². The fraction of sp³-hybridized carbons (Fsp3) is 0.818. The Balaban J connectivity index is 2.76. The minimum Gasteiger partial charge on any atom is -0.362 e. The number of ether oxygens (including phenoxy) is 1. The molecule has 1 aliphatic heterocycles. The fourth-order valence-corrected chi connectivity index (χ4v) is 2.33. The summed E-state index contributed by atoms with van der Waals surface area (Å²) in [6, 6.07) is 0. The van der Waals surface area contributed by atoms with Crippen LogP contribution in [-0.4, -0.2) is 42.2 Å². The van der Waals surface area contributed by atoms with E-state index in [0.29, 0.717) is 12.3 Å². The third-order valence-electron chi connectivity index (χ3n) is 3.38. The average Bonchev–Trinajstić information content (AvgIpc) is 2.30. The first kappa shape index (κ1) is 13.5. The van der Waals surface area contributed by atoms with Gasteiger partial charge in [0.2, 0.25) is 0 Å². The molecule has 0 aromatic rings. The molecule has 92 valence electrons. The maximum atomic E-state index is 11.6. The summed E-state index contributed by atoms with van der Waals surface area (Å²) in [6.07, 6.45) is 1.82. The van der Waals surface area contributed by atoms with Crippen molar-refractivity contribution in [3.63, 3.8) is 0 Å². The van der Waals surface area contributed by atoms with Crippen LogP contribution in [0.25, 0.3) is 0 Å². The van der Waals surface area contributed by atoms with E-state index in [1.165, 1.54) is 4.90 Å². The van der Waals surface area contributed by atoms with Gasteiger partial charge in [0.15, 0.2) is 0 Å². The van der Waals surface area contributed by atoms with E-state index in [-0.39, 0.29) is 30.4 Å². The Kier molecular flexibility index (Phi) is 4.80. The molecular weight excluding hydrogens is 226 g/mol. The first-order valence-electron chi connectivity index (χ1n) is 5.60. The number of morpholine rings is 1. The number of hydrogen-bond acceptors (Lipinski definition) is 4. The molecule has 4 nitrogen and oxygen atoms in total. The molecule has 1 fully saturated rings. The zero-order valence-electron chi connectivity index (χ0n) is 9.86. The van der Waals surface area contributed by atoms with Crippen LogP contribution in [0, 0.1) is 5.41 Å². The van der Waals surface area contributed by atoms with E-state index < -0.39 is 0 Å². The summed E-state index contributed by atoms with van der Waals surface area (Å²) >= 11 is 4.34. The highest BCUT2D eigenvalue weighted by Crippen LogP contribution is 2.29. The average molecular weight is 245 g/mol. The molecule has 0 N–H and O–H groups in total. The van der Waals surface area contributed by atoms with Crippen LogP contribution in [0.5, 0.6) is 0 Å². The maximum Gasteiger partial charge on any atom is 0.255 e. The van der Waals surface area contributed by atoms with Gasteiger partial charge in [0.05, 0.1) is 0 Å². The van der Waals surface area contributed by atoms with Gasteiger partial charge in [-0.05, 0) is 24.0 Å². The Hall–Kier alpha value is -0.550. The third kappa shape index (κ3) is 2.77. The van der Waals surface area contributed by atoms with Crippen molar-refractivity contribution in [2.75, 3.05) is 25.5 Å². The summed E-state index contributed by atoms with van der Waals surface area (Å²) in [7, 11) is 0. The molecule has 2 amide bonds. The fourth-order valence-electron chi connectivity index (χ4n) is 1.78. The van der Waals surface area contributed by atoms with E-state index in [0.717, 1.165) is 12.8 Å². The van der Waals surface area contributed by atoms with Crippen LogP contribution in [0.1, 0.15) is 26.7 Å². The SMILES string of the molecule is CCC(CC)(CS)CN1C(=O)COCC1=O. The Bertz CT molecular complexity index is 252. The molecule has 0 spiro atoms. The normalized spacial score (nSPS) is 18.1. The van der Waals surface area contributed by atoms with E-state index in [1.54, 1.807) is 0 Å². The molecule has 0 saturated carbocycles. The van der Waals surface area contributed by atoms with Crippen LogP contribution >= 0.6 is 12.6 Å². The molecule has 0 atom stereocenters. The first-order valence-corrected chi connectivity index (χ1v) is 6.23. The number of carbonyl (C=O) groups is 2. The van der Waals surface area contributed by atoms with E-state index in [9.17, 15) is 9.59 Å². The van der Waals surface area contributed by atoms with E-state index in [2.05, 4.69) is 26.5 Å². The van der Waals surface area contributed by atoms with Crippen molar-refractivity contribution in [3.05, 3.63) is 0 Å². The Morgan fingerprint density at radius 2 is 1.75 bits per heavy atom. The van der Waals surface area contributed by atoms with Gasteiger partial charge >= 0.3 is 0 Å². The minimum absolute atomic E-state index is 0.0157. The predicted octanol–water partition coefficient (Wildman–Crippen LogP) is 1.11. The molecule has 5 heteroatoms. The third-order valence-corrected chi connectivity index (χ3v) is 4.05. The highest BCUT2D eigenvalue weighted by Gasteiger charge is 2.34. The van der Waals surface area contributed by atoms with Gasteiger partial charge in [-0.25, -0.2) is 0 Å². The van der Waals surface area contributed by atoms with Gasteiger partial charge in [0, 0.05) is 6.54 Å². The summed E-state index contributed by atoms with van der Waals surface area (Å²) in [4.78, 5) is 24.5. The molecule has 0 bridgehead atoms. The number of nitrogens with zero attached hydrogens (tertiary/aromatic N) is 1. The molecule has 1 saturated heterocycles. The number of thiol groups is 1. The monoisotopic (exact) mass is 245 g/mol. The Morgan fingerprint density at radius 1 is 1.25 bits per heavy atom. The van der Waals surface area contributed by atoms with Gasteiger partial charge in [-0.3, -0.25) is 14.5 Å². The summed E-state index contributed by atoms with van der Waals surface area (Å²) in [5.74, 6) is 0.214. The molecule has 0 aromatic carbocycles. The lowest BCUT2D eigenvalue weighted by atomic mass is 9.83. The van der Waals surface area contributed by atoms with Crippen LogP contribution in [0.2, 0.25) is 0 Å². The topological polar surface area (TPSA) is 46.6 Å². The Labute approximate surface area is 102 Å². The van der Waals surface area contributed by atoms with E-state index in [4.69, 9.17) is 4.74 Å². The number of hydrogen-bond donors (Lipinski definition) is 1. The second kappa shape index (κ2) is 5.68. The van der Waals surface area contributed by atoms with Crippen molar-refractivity contribution < 1.29 is 14.3 Å². The van der Waals surface area contributed by atoms with Crippen LogP contribution in [0.4, 0.5) is 0 Å². The Morgan fingerprint density at radius 3 is 2.12 bits per heavy atom. The predicted molar refractivity (Wildman–Crippen MR) is 64.4 cm³/mol. The lowest BCUT2D eigenvalue weighted by molar-refractivity contribution is -0.160. The molecule has 1 heterocycles. The summed E-state index contributed by atoms with van der Waals surface area (Å²) in [5.41, 5.74) is -0.0637. The van der Waals surface area contributed by atoms with Crippen molar-refractivity contribution in [2.24, 2.45) is 5.41 Å². The van der Waals surface area contributed by atoms with Crippen molar-refractivity contribution in [3.8, 4) is 0 Å². The number of imide groups is 1. The number of amides is 2. The molecule has 16 heavy (non-hydrogen) atoms. The highest BCUT2D eigenvalue weighted by molar-refractivity contribution is 7.80. The molecular formula is C11H19NO3S. The highest BCUT2D eigenvalue weighted by atomic mass is 32.1. The number of carbonyl (C=O) groups excluding carboxylic acids is 2. The van der Waals surface area contributed by atoms with Crippen LogP contribution < -0.4 is 0 Å². The van der Waals surface area contributed by atoms with Gasteiger partial charge in [-0.1, -0.05) is 13.8 Å². The van der Waals surface area contributed by atoms with E-state index in [1.807, 2.05) is 0 Å². The van der Waals surface area contributed by atoms with Crippen LogP contribution in [0.3, 0.4) is 0 Å². The zero-order valence-corrected chi connectivity index (χ0v) is 10.8. The van der Waals surface area contributed by atoms with Crippen molar-refractivity contribution in [1.29, 1.82) is 0 Å². The summed E-state index contributed by atoms with van der Waals surface area (Å²) < 4.78 is 4.88. The van der Waals surface area contributed by atoms with Crippen LogP contribution in [-0.2, 0) is 14.3 Å². The maximum absolute atomic E-state index is 11.6. The lowest BCUT2D eigenvalue weighted by Crippen LogP contribution is -2.51. The van der Waals surface area contributed by atoms with Crippen LogP contribution in [0.15, 0.2) is 0 Å². The smallest absolute Gasteiger partial charge is 0.255 e. The van der Waals surface area contributed by atoms with E-state index >= 15 is 0 Å².